The average molecular weight is 344 g/mol. The molecule has 5 heteroatoms. The van der Waals surface area contributed by atoms with Crippen molar-refractivity contribution in [3.05, 3.63) is 48.5 Å². The van der Waals surface area contributed by atoms with Gasteiger partial charge in [-0.3, -0.25) is 0 Å². The first-order valence-corrected chi connectivity index (χ1v) is 8.39. The van der Waals surface area contributed by atoms with E-state index in [1.807, 2.05) is 48.5 Å². The van der Waals surface area contributed by atoms with E-state index in [9.17, 15) is 0 Å². The van der Waals surface area contributed by atoms with Crippen molar-refractivity contribution in [3.8, 4) is 23.0 Å². The average Bonchev–Trinajstić information content (AvgIpc) is 2.90. The number of benzene rings is 2. The van der Waals surface area contributed by atoms with Gasteiger partial charge in [-0.25, -0.2) is 0 Å². The number of methoxy groups -OCH3 is 2. The van der Waals surface area contributed by atoms with E-state index in [1.54, 1.807) is 14.2 Å². The Hall–Kier alpha value is -2.40. The zero-order chi connectivity index (χ0) is 17.8. The molecule has 0 amide bonds. The monoisotopic (exact) mass is 344 g/mol. The van der Waals surface area contributed by atoms with Gasteiger partial charge in [-0.15, -0.1) is 0 Å². The minimum absolute atomic E-state index is 0.157. The lowest BCUT2D eigenvalue weighted by Gasteiger charge is -2.19. The molecule has 2 aromatic carbocycles. The number of ether oxygens (including phenoxy) is 5. The van der Waals surface area contributed by atoms with Gasteiger partial charge in [0.25, 0.3) is 0 Å². The molecular formula is C20H24O5. The fourth-order valence-electron chi connectivity index (χ4n) is 2.83. The molecule has 2 aromatic rings. The van der Waals surface area contributed by atoms with Gasteiger partial charge in [0.05, 0.1) is 14.2 Å². The van der Waals surface area contributed by atoms with Crippen molar-refractivity contribution < 1.29 is 23.7 Å². The standard InChI is InChI=1S/C20H24O5/c1-13-14(2)20(24-18-12-8-6-10-16(18)22-4)25-19(13)23-17-11-7-5-9-15(17)21-3/h5-14,19-20H,1-4H3/t13-,14-,19-,20+/m0/s1. The van der Waals surface area contributed by atoms with Crippen LogP contribution in [0.5, 0.6) is 23.0 Å². The Balaban J connectivity index is 1.72. The lowest BCUT2D eigenvalue weighted by molar-refractivity contribution is -0.149. The van der Waals surface area contributed by atoms with Gasteiger partial charge < -0.3 is 23.7 Å². The molecule has 0 N–H and O–H groups in total. The van der Waals surface area contributed by atoms with Crippen molar-refractivity contribution in [2.45, 2.75) is 26.4 Å². The van der Waals surface area contributed by atoms with Gasteiger partial charge in [0, 0.05) is 11.8 Å². The van der Waals surface area contributed by atoms with Crippen LogP contribution in [0.3, 0.4) is 0 Å². The fourth-order valence-corrected chi connectivity index (χ4v) is 2.83. The molecule has 25 heavy (non-hydrogen) atoms. The number of hydrogen-bond acceptors (Lipinski definition) is 5. The van der Waals surface area contributed by atoms with Gasteiger partial charge in [0.2, 0.25) is 12.6 Å². The van der Waals surface area contributed by atoms with Crippen LogP contribution in [0.1, 0.15) is 13.8 Å². The summed E-state index contributed by atoms with van der Waals surface area (Å²) in [4.78, 5) is 0. The lowest BCUT2D eigenvalue weighted by Crippen LogP contribution is -2.23. The minimum Gasteiger partial charge on any atom is -0.493 e. The van der Waals surface area contributed by atoms with Crippen molar-refractivity contribution in [2.24, 2.45) is 11.8 Å². The van der Waals surface area contributed by atoms with E-state index in [2.05, 4.69) is 13.8 Å². The third-order valence-corrected chi connectivity index (χ3v) is 4.58. The van der Waals surface area contributed by atoms with Gasteiger partial charge >= 0.3 is 0 Å². The van der Waals surface area contributed by atoms with Crippen molar-refractivity contribution in [2.75, 3.05) is 14.2 Å². The first-order valence-electron chi connectivity index (χ1n) is 8.39. The predicted octanol–water partition coefficient (Wildman–Crippen LogP) is 4.12. The zero-order valence-electron chi connectivity index (χ0n) is 15.0. The summed E-state index contributed by atoms with van der Waals surface area (Å²) in [6.45, 7) is 4.19. The van der Waals surface area contributed by atoms with Crippen molar-refractivity contribution in [1.82, 2.24) is 0 Å². The zero-order valence-corrected chi connectivity index (χ0v) is 15.0. The van der Waals surface area contributed by atoms with Crippen LogP contribution in [0, 0.1) is 11.8 Å². The number of rotatable bonds is 6. The van der Waals surface area contributed by atoms with E-state index in [1.165, 1.54) is 0 Å². The third kappa shape index (κ3) is 3.66. The van der Waals surface area contributed by atoms with Crippen LogP contribution < -0.4 is 18.9 Å². The second kappa shape index (κ2) is 7.66. The molecule has 0 unspecified atom stereocenters. The van der Waals surface area contributed by atoms with Gasteiger partial charge in [-0.1, -0.05) is 38.1 Å². The summed E-state index contributed by atoms with van der Waals surface area (Å²) < 4.78 is 28.8. The molecule has 1 aliphatic rings. The molecule has 0 bridgehead atoms. The van der Waals surface area contributed by atoms with Gasteiger partial charge in [0.15, 0.2) is 23.0 Å². The highest BCUT2D eigenvalue weighted by Crippen LogP contribution is 2.38. The third-order valence-electron chi connectivity index (χ3n) is 4.58. The number of para-hydroxylation sites is 4. The maximum absolute atomic E-state index is 6.05. The van der Waals surface area contributed by atoms with Crippen molar-refractivity contribution in [3.63, 3.8) is 0 Å². The van der Waals surface area contributed by atoms with E-state index >= 15 is 0 Å². The summed E-state index contributed by atoms with van der Waals surface area (Å²) in [6, 6.07) is 15.1. The Morgan fingerprint density at radius 3 is 1.36 bits per heavy atom. The van der Waals surface area contributed by atoms with Crippen LogP contribution in [-0.2, 0) is 4.74 Å². The maximum atomic E-state index is 6.05. The quantitative estimate of drug-likeness (QED) is 0.789. The Labute approximate surface area is 148 Å². The summed E-state index contributed by atoms with van der Waals surface area (Å²) in [6.07, 6.45) is -0.822. The highest BCUT2D eigenvalue weighted by Gasteiger charge is 2.42. The smallest absolute Gasteiger partial charge is 0.206 e. The first kappa shape index (κ1) is 17.4. The SMILES string of the molecule is COc1ccccc1O[C@@H]1O[C@H](Oc2ccccc2OC)[C@@H](C)[C@@H]1C. The van der Waals surface area contributed by atoms with Crippen molar-refractivity contribution in [1.29, 1.82) is 0 Å². The molecular weight excluding hydrogens is 320 g/mol. The molecule has 134 valence electrons. The molecule has 1 saturated heterocycles. The normalized spacial score (nSPS) is 25.4. The molecule has 0 spiro atoms. The highest BCUT2D eigenvalue weighted by atomic mass is 16.8. The second-order valence-corrected chi connectivity index (χ2v) is 6.13. The summed E-state index contributed by atoms with van der Waals surface area (Å²) in [5.41, 5.74) is 0. The predicted molar refractivity (Wildman–Crippen MR) is 94.2 cm³/mol. The molecule has 5 nitrogen and oxygen atoms in total. The van der Waals surface area contributed by atoms with E-state index in [4.69, 9.17) is 23.7 Å². The van der Waals surface area contributed by atoms with E-state index in [-0.39, 0.29) is 11.8 Å². The molecule has 1 heterocycles. The van der Waals surface area contributed by atoms with Crippen LogP contribution >= 0.6 is 0 Å². The van der Waals surface area contributed by atoms with Gasteiger partial charge in [0.1, 0.15) is 0 Å². The van der Waals surface area contributed by atoms with Crippen LogP contribution in [0.25, 0.3) is 0 Å². The molecule has 1 aliphatic heterocycles. The lowest BCUT2D eigenvalue weighted by atomic mass is 9.98. The molecule has 0 aromatic heterocycles. The first-order chi connectivity index (χ1) is 12.1. The summed E-state index contributed by atoms with van der Waals surface area (Å²) in [7, 11) is 3.24. The maximum Gasteiger partial charge on any atom is 0.206 e. The Kier molecular flexibility index (Phi) is 5.34. The van der Waals surface area contributed by atoms with Crippen LogP contribution in [0.15, 0.2) is 48.5 Å². The molecule has 3 rings (SSSR count). The van der Waals surface area contributed by atoms with Crippen LogP contribution in [-0.4, -0.2) is 26.8 Å². The Bertz CT molecular complexity index is 642. The Morgan fingerprint density at radius 1 is 0.640 bits per heavy atom. The minimum atomic E-state index is -0.411. The van der Waals surface area contributed by atoms with Gasteiger partial charge in [-0.2, -0.15) is 0 Å². The van der Waals surface area contributed by atoms with Crippen molar-refractivity contribution >= 4 is 0 Å². The highest BCUT2D eigenvalue weighted by molar-refractivity contribution is 5.40. The molecule has 0 saturated carbocycles. The largest absolute Gasteiger partial charge is 0.493 e. The molecule has 0 aliphatic carbocycles. The van der Waals surface area contributed by atoms with Crippen LogP contribution in [0.2, 0.25) is 0 Å². The summed E-state index contributed by atoms with van der Waals surface area (Å²) >= 11 is 0. The van der Waals surface area contributed by atoms with E-state index < -0.39 is 12.6 Å². The molecule has 0 radical (unpaired) electrons. The molecule has 1 fully saturated rings. The van der Waals surface area contributed by atoms with Crippen LogP contribution in [0.4, 0.5) is 0 Å². The van der Waals surface area contributed by atoms with E-state index in [0.717, 1.165) is 0 Å². The summed E-state index contributed by atoms with van der Waals surface area (Å²) in [5, 5.41) is 0. The molecule has 4 atom stereocenters. The number of hydrogen-bond donors (Lipinski definition) is 0. The fraction of sp³-hybridized carbons (Fsp3) is 0.400. The van der Waals surface area contributed by atoms with E-state index in [0.29, 0.717) is 23.0 Å². The Morgan fingerprint density at radius 2 is 1.00 bits per heavy atom. The summed E-state index contributed by atoms with van der Waals surface area (Å²) in [5.74, 6) is 2.99. The van der Waals surface area contributed by atoms with Gasteiger partial charge in [-0.05, 0) is 24.3 Å². The second-order valence-electron chi connectivity index (χ2n) is 6.13. The topological polar surface area (TPSA) is 46.2 Å².